The fourth-order valence-electron chi connectivity index (χ4n) is 1.63. The average molecular weight is 299 g/mol. The number of hydrogen-bond acceptors (Lipinski definition) is 4. The Hall–Kier alpha value is -1.14. The third kappa shape index (κ3) is 3.70. The van der Waals surface area contributed by atoms with Crippen molar-refractivity contribution < 1.29 is 8.42 Å². The first kappa shape index (κ1) is 16.9. The van der Waals surface area contributed by atoms with Crippen LogP contribution in [-0.4, -0.2) is 36.8 Å². The Morgan fingerprint density at radius 1 is 1.35 bits per heavy atom. The highest BCUT2D eigenvalue weighted by atomic mass is 32.2. The molecule has 0 bridgehead atoms. The lowest BCUT2D eigenvalue weighted by Crippen LogP contribution is -2.44. The number of sulfonamides is 1. The second-order valence-electron chi connectivity index (χ2n) is 5.44. The van der Waals surface area contributed by atoms with Crippen LogP contribution in [0.1, 0.15) is 40.5 Å². The molecule has 1 aromatic heterocycles. The largest absolute Gasteiger partial charge is 0.370 e. The van der Waals surface area contributed by atoms with Gasteiger partial charge in [0, 0.05) is 31.4 Å². The molecule has 0 fully saturated rings. The maximum absolute atomic E-state index is 12.6. The van der Waals surface area contributed by atoms with Gasteiger partial charge in [0.15, 0.2) is 0 Å². The molecule has 0 radical (unpaired) electrons. The van der Waals surface area contributed by atoms with Crippen molar-refractivity contribution in [2.75, 3.05) is 18.9 Å². The summed E-state index contributed by atoms with van der Waals surface area (Å²) in [5.74, 6) is 0.593. The number of anilines is 1. The maximum atomic E-state index is 12.6. The van der Waals surface area contributed by atoms with E-state index in [-0.39, 0.29) is 4.90 Å². The molecule has 1 aromatic rings. The lowest BCUT2D eigenvalue weighted by molar-refractivity contribution is 0.257. The number of nitrogens with zero attached hydrogens (tertiary/aromatic N) is 2. The molecule has 20 heavy (non-hydrogen) atoms. The second-order valence-corrected chi connectivity index (χ2v) is 7.41. The first-order chi connectivity index (χ1) is 9.25. The Morgan fingerprint density at radius 3 is 2.55 bits per heavy atom. The van der Waals surface area contributed by atoms with Crippen LogP contribution in [0.2, 0.25) is 0 Å². The van der Waals surface area contributed by atoms with E-state index in [0.29, 0.717) is 5.82 Å². The topological polar surface area (TPSA) is 62.3 Å². The molecular formula is C14H25N3O2S. The number of aromatic nitrogens is 1. The van der Waals surface area contributed by atoms with Gasteiger partial charge < -0.3 is 5.32 Å². The van der Waals surface area contributed by atoms with Crippen molar-refractivity contribution in [3.05, 3.63) is 18.3 Å². The van der Waals surface area contributed by atoms with Crippen LogP contribution in [0.4, 0.5) is 5.82 Å². The molecule has 0 saturated carbocycles. The van der Waals surface area contributed by atoms with Crippen molar-refractivity contribution >= 4 is 15.8 Å². The highest BCUT2D eigenvalue weighted by molar-refractivity contribution is 7.89. The normalized spacial score (nSPS) is 12.7. The van der Waals surface area contributed by atoms with Crippen LogP contribution >= 0.6 is 0 Å². The van der Waals surface area contributed by atoms with E-state index in [2.05, 4.69) is 10.3 Å². The summed E-state index contributed by atoms with van der Waals surface area (Å²) < 4.78 is 26.7. The number of pyridine rings is 1. The molecule has 0 aromatic carbocycles. The number of hydrogen-bond donors (Lipinski definition) is 1. The molecular weight excluding hydrogens is 274 g/mol. The van der Waals surface area contributed by atoms with Crippen molar-refractivity contribution in [2.24, 2.45) is 0 Å². The molecule has 114 valence electrons. The zero-order valence-corrected chi connectivity index (χ0v) is 13.8. The minimum Gasteiger partial charge on any atom is -0.370 e. The van der Waals surface area contributed by atoms with Gasteiger partial charge in [-0.1, -0.05) is 13.8 Å². The van der Waals surface area contributed by atoms with E-state index in [1.165, 1.54) is 16.6 Å². The summed E-state index contributed by atoms with van der Waals surface area (Å²) in [4.78, 5) is 4.41. The third-order valence-corrected chi connectivity index (χ3v) is 5.73. The van der Waals surface area contributed by atoms with E-state index in [9.17, 15) is 8.42 Å². The first-order valence-electron chi connectivity index (χ1n) is 6.94. The van der Waals surface area contributed by atoms with Crippen LogP contribution in [0.25, 0.3) is 0 Å². The highest BCUT2D eigenvalue weighted by Crippen LogP contribution is 2.25. The van der Waals surface area contributed by atoms with E-state index in [4.69, 9.17) is 0 Å². The minimum absolute atomic E-state index is 0.273. The van der Waals surface area contributed by atoms with Gasteiger partial charge in [-0.25, -0.2) is 13.4 Å². The van der Waals surface area contributed by atoms with Gasteiger partial charge in [0.25, 0.3) is 0 Å². The average Bonchev–Trinajstić information content (AvgIpc) is 2.44. The van der Waals surface area contributed by atoms with E-state index < -0.39 is 15.6 Å². The Bertz CT molecular complexity index is 541. The smallest absolute Gasteiger partial charge is 0.243 e. The molecule has 0 unspecified atom stereocenters. The summed E-state index contributed by atoms with van der Waals surface area (Å²) in [6, 6.07) is 3.13. The molecule has 1 heterocycles. The van der Waals surface area contributed by atoms with Crippen LogP contribution < -0.4 is 5.32 Å². The molecule has 6 heteroatoms. The van der Waals surface area contributed by atoms with Crippen molar-refractivity contribution in [3.8, 4) is 0 Å². The molecule has 5 nitrogen and oxygen atoms in total. The second kappa shape index (κ2) is 6.54. The maximum Gasteiger partial charge on any atom is 0.243 e. The zero-order valence-electron chi connectivity index (χ0n) is 13.0. The molecule has 0 aliphatic carbocycles. The molecule has 0 amide bonds. The lowest BCUT2D eigenvalue weighted by Gasteiger charge is -2.33. The van der Waals surface area contributed by atoms with E-state index in [1.807, 2.05) is 27.7 Å². The van der Waals surface area contributed by atoms with Crippen LogP contribution in [0.3, 0.4) is 0 Å². The fraction of sp³-hybridized carbons (Fsp3) is 0.643. The summed E-state index contributed by atoms with van der Waals surface area (Å²) in [5.41, 5.74) is -0.418. The number of rotatable bonds is 7. The summed E-state index contributed by atoms with van der Waals surface area (Å²) in [6.07, 6.45) is 3.23. The molecule has 0 aliphatic heterocycles. The van der Waals surface area contributed by atoms with Gasteiger partial charge in [0.1, 0.15) is 5.82 Å². The van der Waals surface area contributed by atoms with Crippen molar-refractivity contribution in [2.45, 2.75) is 51.0 Å². The monoisotopic (exact) mass is 299 g/mol. The highest BCUT2D eigenvalue weighted by Gasteiger charge is 2.32. The van der Waals surface area contributed by atoms with Gasteiger partial charge in [-0.3, -0.25) is 0 Å². The van der Waals surface area contributed by atoms with Crippen molar-refractivity contribution in [3.63, 3.8) is 0 Å². The van der Waals surface area contributed by atoms with Crippen LogP contribution in [0.15, 0.2) is 23.2 Å². The van der Waals surface area contributed by atoms with Gasteiger partial charge >= 0.3 is 0 Å². The van der Waals surface area contributed by atoms with Crippen LogP contribution in [0.5, 0.6) is 0 Å². The van der Waals surface area contributed by atoms with Gasteiger partial charge in [-0.2, -0.15) is 4.31 Å². The van der Waals surface area contributed by atoms with Gasteiger partial charge in [-0.05, 0) is 32.8 Å². The summed E-state index contributed by atoms with van der Waals surface area (Å²) in [5, 5.41) is 3.10. The van der Waals surface area contributed by atoms with Crippen molar-refractivity contribution in [1.82, 2.24) is 9.29 Å². The Balaban J connectivity index is 3.09. The molecule has 1 N–H and O–H groups in total. The summed E-state index contributed by atoms with van der Waals surface area (Å²) in [6.45, 7) is 8.63. The molecule has 0 aliphatic rings. The Kier molecular flexibility index (Phi) is 5.53. The van der Waals surface area contributed by atoms with E-state index >= 15 is 0 Å². The van der Waals surface area contributed by atoms with Gasteiger partial charge in [0.05, 0.1) is 4.90 Å². The Morgan fingerprint density at radius 2 is 2.00 bits per heavy atom. The van der Waals surface area contributed by atoms with Gasteiger partial charge in [-0.15, -0.1) is 0 Å². The SMILES string of the molecule is CCCNc1cc(S(=O)(=O)N(C)C(C)(C)CC)ccn1. The lowest BCUT2D eigenvalue weighted by atomic mass is 10.0. The summed E-state index contributed by atoms with van der Waals surface area (Å²) in [7, 11) is -1.88. The standard InChI is InChI=1S/C14H25N3O2S/c1-6-9-15-13-11-12(8-10-16-13)20(18,19)17(5)14(3,4)7-2/h8,10-11H,6-7,9H2,1-5H3,(H,15,16). The predicted molar refractivity (Wildman–Crippen MR) is 82.3 cm³/mol. The van der Waals surface area contributed by atoms with Gasteiger partial charge in [0.2, 0.25) is 10.0 Å². The Labute approximate surface area is 122 Å². The zero-order chi connectivity index (χ0) is 15.4. The van der Waals surface area contributed by atoms with E-state index in [1.54, 1.807) is 13.1 Å². The third-order valence-electron chi connectivity index (χ3n) is 3.66. The first-order valence-corrected chi connectivity index (χ1v) is 8.38. The fourth-order valence-corrected chi connectivity index (χ4v) is 3.22. The van der Waals surface area contributed by atoms with Crippen molar-refractivity contribution in [1.29, 1.82) is 0 Å². The van der Waals surface area contributed by atoms with Crippen LogP contribution in [0, 0.1) is 0 Å². The molecule has 0 spiro atoms. The molecule has 0 saturated heterocycles. The minimum atomic E-state index is -3.50. The molecule has 1 rings (SSSR count). The number of nitrogens with one attached hydrogen (secondary N) is 1. The van der Waals surface area contributed by atoms with E-state index in [0.717, 1.165) is 19.4 Å². The quantitative estimate of drug-likeness (QED) is 0.841. The molecule has 0 atom stereocenters. The van der Waals surface area contributed by atoms with Crippen LogP contribution in [-0.2, 0) is 10.0 Å². The predicted octanol–water partition coefficient (Wildman–Crippen LogP) is 2.71. The summed E-state index contributed by atoms with van der Waals surface area (Å²) >= 11 is 0.